The maximum absolute atomic E-state index is 10.7. The minimum absolute atomic E-state index is 0.178. The molecule has 92 valence electrons. The maximum Gasteiger partial charge on any atom is 0.309 e. The minimum atomic E-state index is -0.679. The van der Waals surface area contributed by atoms with Gasteiger partial charge in [0, 0.05) is 29.0 Å². The van der Waals surface area contributed by atoms with Crippen molar-refractivity contribution >= 4 is 33.7 Å². The summed E-state index contributed by atoms with van der Waals surface area (Å²) in [6.45, 7) is 2.17. The highest BCUT2D eigenvalue weighted by atomic mass is 79.9. The van der Waals surface area contributed by atoms with E-state index in [1.807, 2.05) is 6.07 Å². The van der Waals surface area contributed by atoms with E-state index in [-0.39, 0.29) is 5.92 Å². The molecule has 3 nitrogen and oxygen atoms in total. The van der Waals surface area contributed by atoms with Gasteiger partial charge in [-0.2, -0.15) is 0 Å². The largest absolute Gasteiger partial charge is 0.481 e. The molecule has 0 atom stereocenters. The third-order valence-corrected chi connectivity index (χ3v) is 4.26. The molecule has 0 aromatic heterocycles. The molecule has 1 N–H and O–H groups in total. The Morgan fingerprint density at radius 2 is 2.29 bits per heavy atom. The molecular formula is C12H14BrNO2S. The predicted octanol–water partition coefficient (Wildman–Crippen LogP) is 2.69. The van der Waals surface area contributed by atoms with Crippen LogP contribution in [-0.2, 0) is 11.3 Å². The van der Waals surface area contributed by atoms with Crippen LogP contribution in [0.3, 0.4) is 0 Å². The van der Waals surface area contributed by atoms with Gasteiger partial charge in [-0.3, -0.25) is 9.69 Å². The van der Waals surface area contributed by atoms with Crippen molar-refractivity contribution in [3.05, 3.63) is 28.2 Å². The van der Waals surface area contributed by atoms with Crippen molar-refractivity contribution in [2.75, 3.05) is 19.3 Å². The molecule has 0 amide bonds. The highest BCUT2D eigenvalue weighted by molar-refractivity contribution is 9.10. The number of hydrogen-bond acceptors (Lipinski definition) is 3. The van der Waals surface area contributed by atoms with Crippen LogP contribution in [-0.4, -0.2) is 35.3 Å². The van der Waals surface area contributed by atoms with Crippen molar-refractivity contribution in [1.29, 1.82) is 0 Å². The van der Waals surface area contributed by atoms with Gasteiger partial charge < -0.3 is 5.11 Å². The van der Waals surface area contributed by atoms with Crippen LogP contribution in [0.25, 0.3) is 0 Å². The number of likely N-dealkylation sites (tertiary alicyclic amines) is 1. The number of carbonyl (C=O) groups is 1. The number of hydrogen-bond donors (Lipinski definition) is 1. The molecule has 0 spiro atoms. The second-order valence-electron chi connectivity index (χ2n) is 4.19. The first-order valence-electron chi connectivity index (χ1n) is 5.37. The molecule has 17 heavy (non-hydrogen) atoms. The van der Waals surface area contributed by atoms with Gasteiger partial charge in [0.2, 0.25) is 0 Å². The minimum Gasteiger partial charge on any atom is -0.481 e. The number of aliphatic carboxylic acids is 1. The Hall–Kier alpha value is -0.520. The van der Waals surface area contributed by atoms with Crippen molar-refractivity contribution < 1.29 is 9.90 Å². The average molecular weight is 316 g/mol. The summed E-state index contributed by atoms with van der Waals surface area (Å²) in [6.07, 6.45) is 2.06. The van der Waals surface area contributed by atoms with Crippen LogP contribution in [0.1, 0.15) is 5.56 Å². The molecule has 1 aromatic rings. The quantitative estimate of drug-likeness (QED) is 0.867. The molecule has 0 aliphatic carbocycles. The molecule has 2 rings (SSSR count). The van der Waals surface area contributed by atoms with E-state index in [2.05, 4.69) is 39.2 Å². The number of nitrogens with zero attached hydrogens (tertiary/aromatic N) is 1. The number of rotatable bonds is 4. The van der Waals surface area contributed by atoms with Crippen molar-refractivity contribution in [3.8, 4) is 0 Å². The third-order valence-electron chi connectivity index (χ3n) is 2.95. The van der Waals surface area contributed by atoms with E-state index in [0.29, 0.717) is 13.1 Å². The molecule has 1 aromatic carbocycles. The van der Waals surface area contributed by atoms with Gasteiger partial charge in [-0.25, -0.2) is 0 Å². The van der Waals surface area contributed by atoms with E-state index < -0.39 is 5.97 Å². The smallest absolute Gasteiger partial charge is 0.309 e. The summed E-state index contributed by atoms with van der Waals surface area (Å²) in [5.41, 5.74) is 1.27. The summed E-state index contributed by atoms with van der Waals surface area (Å²) in [5, 5.41) is 8.82. The molecule has 1 saturated heterocycles. The maximum atomic E-state index is 10.7. The summed E-state index contributed by atoms with van der Waals surface area (Å²) < 4.78 is 1.08. The summed E-state index contributed by atoms with van der Waals surface area (Å²) in [6, 6.07) is 6.24. The van der Waals surface area contributed by atoms with E-state index >= 15 is 0 Å². The lowest BCUT2D eigenvalue weighted by atomic mass is 10.00. The number of carboxylic acid groups (broad SMARTS) is 1. The molecule has 5 heteroatoms. The van der Waals surface area contributed by atoms with Gasteiger partial charge in [0.15, 0.2) is 0 Å². The first kappa shape index (κ1) is 12.9. The Kier molecular flexibility index (Phi) is 4.12. The highest BCUT2D eigenvalue weighted by Gasteiger charge is 2.32. The average Bonchev–Trinajstić information content (AvgIpc) is 2.23. The van der Waals surface area contributed by atoms with Gasteiger partial charge >= 0.3 is 5.97 Å². The second kappa shape index (κ2) is 5.42. The first-order valence-corrected chi connectivity index (χ1v) is 7.39. The van der Waals surface area contributed by atoms with Crippen molar-refractivity contribution in [2.24, 2.45) is 5.92 Å². The molecule has 1 aliphatic rings. The summed E-state index contributed by atoms with van der Waals surface area (Å²) in [5.74, 6) is -0.856. The fourth-order valence-electron chi connectivity index (χ4n) is 1.95. The zero-order valence-corrected chi connectivity index (χ0v) is 11.9. The zero-order valence-electron chi connectivity index (χ0n) is 9.52. The molecule has 1 heterocycles. The zero-order chi connectivity index (χ0) is 12.4. The van der Waals surface area contributed by atoms with Gasteiger partial charge in [0.25, 0.3) is 0 Å². The number of carboxylic acids is 1. The van der Waals surface area contributed by atoms with Crippen LogP contribution in [0.4, 0.5) is 0 Å². The molecule has 0 unspecified atom stereocenters. The lowest BCUT2D eigenvalue weighted by molar-refractivity contribution is -0.147. The molecule has 1 fully saturated rings. The van der Waals surface area contributed by atoms with Crippen LogP contribution in [0.15, 0.2) is 27.6 Å². The highest BCUT2D eigenvalue weighted by Crippen LogP contribution is 2.27. The van der Waals surface area contributed by atoms with Crippen molar-refractivity contribution in [1.82, 2.24) is 4.90 Å². The van der Waals surface area contributed by atoms with Crippen LogP contribution in [0.2, 0.25) is 0 Å². The molecule has 1 aliphatic heterocycles. The van der Waals surface area contributed by atoms with E-state index in [1.54, 1.807) is 11.8 Å². The van der Waals surface area contributed by atoms with Crippen molar-refractivity contribution in [3.63, 3.8) is 0 Å². The predicted molar refractivity (Wildman–Crippen MR) is 72.3 cm³/mol. The van der Waals surface area contributed by atoms with Crippen LogP contribution < -0.4 is 0 Å². The standard InChI is InChI=1S/C12H14BrNO2S/c1-17-11-4-10(13)3-2-8(11)5-14-6-9(7-14)12(15)16/h2-4,9H,5-7H2,1H3,(H,15,16). The summed E-state index contributed by atoms with van der Waals surface area (Å²) >= 11 is 5.18. The molecular weight excluding hydrogens is 302 g/mol. The SMILES string of the molecule is CSc1cc(Br)ccc1CN1CC(C(=O)O)C1. The first-order chi connectivity index (χ1) is 8.10. The van der Waals surface area contributed by atoms with E-state index in [4.69, 9.17) is 5.11 Å². The summed E-state index contributed by atoms with van der Waals surface area (Å²) in [7, 11) is 0. The molecule has 0 radical (unpaired) electrons. The Bertz CT molecular complexity index is 433. The fourth-order valence-corrected chi connectivity index (χ4v) is 3.10. The Morgan fingerprint density at radius 3 is 2.88 bits per heavy atom. The topological polar surface area (TPSA) is 40.5 Å². The number of thioether (sulfide) groups is 1. The fraction of sp³-hybridized carbons (Fsp3) is 0.417. The molecule has 0 bridgehead atoms. The lowest BCUT2D eigenvalue weighted by Gasteiger charge is -2.36. The summed E-state index contributed by atoms with van der Waals surface area (Å²) in [4.78, 5) is 14.1. The van der Waals surface area contributed by atoms with E-state index in [0.717, 1.165) is 11.0 Å². The second-order valence-corrected chi connectivity index (χ2v) is 5.95. The van der Waals surface area contributed by atoms with E-state index in [9.17, 15) is 4.79 Å². The van der Waals surface area contributed by atoms with Gasteiger partial charge in [0.05, 0.1) is 5.92 Å². The van der Waals surface area contributed by atoms with Crippen LogP contribution >= 0.6 is 27.7 Å². The Labute approximate surface area is 113 Å². The van der Waals surface area contributed by atoms with Gasteiger partial charge in [-0.05, 0) is 24.0 Å². The normalized spacial score (nSPS) is 16.8. The lowest BCUT2D eigenvalue weighted by Crippen LogP contribution is -2.49. The molecule has 0 saturated carbocycles. The number of benzene rings is 1. The monoisotopic (exact) mass is 315 g/mol. The van der Waals surface area contributed by atoms with Gasteiger partial charge in [-0.1, -0.05) is 22.0 Å². The third kappa shape index (κ3) is 3.03. The van der Waals surface area contributed by atoms with Gasteiger partial charge in [0.1, 0.15) is 0 Å². The number of halogens is 1. The van der Waals surface area contributed by atoms with Crippen molar-refractivity contribution in [2.45, 2.75) is 11.4 Å². The van der Waals surface area contributed by atoms with Crippen LogP contribution in [0.5, 0.6) is 0 Å². The van der Waals surface area contributed by atoms with E-state index in [1.165, 1.54) is 10.5 Å². The Morgan fingerprint density at radius 1 is 1.59 bits per heavy atom. The van der Waals surface area contributed by atoms with Crippen LogP contribution in [0, 0.1) is 5.92 Å². The van der Waals surface area contributed by atoms with Gasteiger partial charge in [-0.15, -0.1) is 11.8 Å². The Balaban J connectivity index is 1.98.